The molecular formula is C16H23NO4. The van der Waals surface area contributed by atoms with Crippen LogP contribution < -0.4 is 0 Å². The van der Waals surface area contributed by atoms with Crippen LogP contribution in [-0.4, -0.2) is 45.8 Å². The molecule has 0 bridgehead atoms. The van der Waals surface area contributed by atoms with Gasteiger partial charge in [-0.1, -0.05) is 13.0 Å². The number of hydrogen-bond acceptors (Lipinski definition) is 4. The molecule has 5 heteroatoms. The Kier molecular flexibility index (Phi) is 5.07. The highest BCUT2D eigenvalue weighted by molar-refractivity contribution is 5.79. The van der Waals surface area contributed by atoms with Crippen molar-refractivity contribution in [2.75, 3.05) is 19.7 Å². The van der Waals surface area contributed by atoms with E-state index < -0.39 is 0 Å². The van der Waals surface area contributed by atoms with Crippen molar-refractivity contribution in [2.24, 2.45) is 11.8 Å². The fourth-order valence-electron chi connectivity index (χ4n) is 2.78. The number of phenolic OH excluding ortho intramolecular Hbond substituents is 2. The number of amides is 1. The lowest BCUT2D eigenvalue weighted by molar-refractivity contribution is -0.136. The summed E-state index contributed by atoms with van der Waals surface area (Å²) in [4.78, 5) is 14.3. The third kappa shape index (κ3) is 3.88. The predicted molar refractivity (Wildman–Crippen MR) is 79.0 cm³/mol. The number of carbonyl (C=O) groups is 1. The first-order valence-corrected chi connectivity index (χ1v) is 7.41. The van der Waals surface area contributed by atoms with E-state index >= 15 is 0 Å². The molecule has 1 aromatic rings. The SMILES string of the molecule is CC(Cc1ccc(O)c(O)c1)C(=O)N1CCC(CO)CC1. The van der Waals surface area contributed by atoms with Crippen LogP contribution in [0.2, 0.25) is 0 Å². The van der Waals surface area contributed by atoms with E-state index in [1.54, 1.807) is 6.07 Å². The summed E-state index contributed by atoms with van der Waals surface area (Å²) >= 11 is 0. The molecule has 3 N–H and O–H groups in total. The van der Waals surface area contributed by atoms with Crippen molar-refractivity contribution in [2.45, 2.75) is 26.2 Å². The molecule has 116 valence electrons. The largest absolute Gasteiger partial charge is 0.504 e. The molecule has 1 aliphatic rings. The third-order valence-corrected chi connectivity index (χ3v) is 4.19. The molecule has 1 aliphatic heterocycles. The summed E-state index contributed by atoms with van der Waals surface area (Å²) in [5, 5.41) is 27.9. The van der Waals surface area contributed by atoms with Crippen molar-refractivity contribution in [1.29, 1.82) is 0 Å². The van der Waals surface area contributed by atoms with Gasteiger partial charge in [-0.2, -0.15) is 0 Å². The Balaban J connectivity index is 1.92. The molecule has 1 atom stereocenters. The fraction of sp³-hybridized carbons (Fsp3) is 0.562. The second-order valence-electron chi connectivity index (χ2n) is 5.88. The average Bonchev–Trinajstić information content (AvgIpc) is 2.50. The van der Waals surface area contributed by atoms with E-state index in [4.69, 9.17) is 5.11 Å². The van der Waals surface area contributed by atoms with Crippen LogP contribution >= 0.6 is 0 Å². The summed E-state index contributed by atoms with van der Waals surface area (Å²) in [5.74, 6) is -0.0447. The fourth-order valence-corrected chi connectivity index (χ4v) is 2.78. The molecule has 1 unspecified atom stereocenters. The van der Waals surface area contributed by atoms with Crippen molar-refractivity contribution >= 4 is 5.91 Å². The Morgan fingerprint density at radius 3 is 2.52 bits per heavy atom. The summed E-state index contributed by atoms with van der Waals surface area (Å²) in [7, 11) is 0. The van der Waals surface area contributed by atoms with Crippen LogP contribution in [0.15, 0.2) is 18.2 Å². The van der Waals surface area contributed by atoms with Gasteiger partial charge in [0, 0.05) is 25.6 Å². The van der Waals surface area contributed by atoms with Gasteiger partial charge in [-0.15, -0.1) is 0 Å². The number of aromatic hydroxyl groups is 2. The zero-order valence-corrected chi connectivity index (χ0v) is 12.3. The zero-order valence-electron chi connectivity index (χ0n) is 12.3. The van der Waals surface area contributed by atoms with Crippen molar-refractivity contribution in [3.05, 3.63) is 23.8 Å². The quantitative estimate of drug-likeness (QED) is 0.735. The smallest absolute Gasteiger partial charge is 0.225 e. The molecule has 1 saturated heterocycles. The highest BCUT2D eigenvalue weighted by atomic mass is 16.3. The maximum atomic E-state index is 12.4. The maximum Gasteiger partial charge on any atom is 0.225 e. The number of piperidine rings is 1. The first kappa shape index (κ1) is 15.6. The molecule has 1 fully saturated rings. The lowest BCUT2D eigenvalue weighted by atomic mass is 9.95. The monoisotopic (exact) mass is 293 g/mol. The standard InChI is InChI=1S/C16H23NO4/c1-11(8-13-2-3-14(19)15(20)9-13)16(21)17-6-4-12(10-18)5-7-17/h2-3,9,11-12,18-20H,4-8,10H2,1H3. The van der Waals surface area contributed by atoms with E-state index in [0.29, 0.717) is 25.4 Å². The molecule has 0 saturated carbocycles. The van der Waals surface area contributed by atoms with E-state index in [9.17, 15) is 15.0 Å². The van der Waals surface area contributed by atoms with Gasteiger partial charge in [0.1, 0.15) is 0 Å². The van der Waals surface area contributed by atoms with Crippen molar-refractivity contribution < 1.29 is 20.1 Å². The first-order valence-electron chi connectivity index (χ1n) is 7.41. The minimum Gasteiger partial charge on any atom is -0.504 e. The highest BCUT2D eigenvalue weighted by Gasteiger charge is 2.25. The molecule has 5 nitrogen and oxygen atoms in total. The molecule has 0 aromatic heterocycles. The number of benzene rings is 1. The predicted octanol–water partition coefficient (Wildman–Crippen LogP) is 1.51. The van der Waals surface area contributed by atoms with Gasteiger partial charge in [-0.25, -0.2) is 0 Å². The van der Waals surface area contributed by atoms with E-state index in [1.807, 2.05) is 11.8 Å². The Bertz CT molecular complexity index is 495. The lowest BCUT2D eigenvalue weighted by Gasteiger charge is -2.33. The number of phenols is 2. The summed E-state index contributed by atoms with van der Waals surface area (Å²) in [6.45, 7) is 3.49. The van der Waals surface area contributed by atoms with Crippen LogP contribution in [0, 0.1) is 11.8 Å². The molecule has 2 rings (SSSR count). The Hall–Kier alpha value is -1.75. The summed E-state index contributed by atoms with van der Waals surface area (Å²) in [5.41, 5.74) is 0.830. The van der Waals surface area contributed by atoms with Gasteiger partial charge in [0.05, 0.1) is 0 Å². The normalized spacial score (nSPS) is 17.7. The van der Waals surface area contributed by atoms with E-state index in [-0.39, 0.29) is 29.9 Å². The molecule has 21 heavy (non-hydrogen) atoms. The third-order valence-electron chi connectivity index (χ3n) is 4.19. The van der Waals surface area contributed by atoms with E-state index in [2.05, 4.69) is 0 Å². The molecular weight excluding hydrogens is 270 g/mol. The van der Waals surface area contributed by atoms with Crippen LogP contribution in [0.5, 0.6) is 11.5 Å². The second kappa shape index (κ2) is 6.80. The Morgan fingerprint density at radius 2 is 1.95 bits per heavy atom. The minimum absolute atomic E-state index is 0.110. The van der Waals surface area contributed by atoms with E-state index in [1.165, 1.54) is 12.1 Å². The number of hydrogen-bond donors (Lipinski definition) is 3. The molecule has 1 heterocycles. The molecule has 0 spiro atoms. The van der Waals surface area contributed by atoms with Gasteiger partial charge in [-0.3, -0.25) is 4.79 Å². The van der Waals surface area contributed by atoms with Crippen LogP contribution in [0.4, 0.5) is 0 Å². The summed E-state index contributed by atoms with van der Waals surface area (Å²) in [6.07, 6.45) is 2.25. The number of aliphatic hydroxyl groups excluding tert-OH is 1. The summed E-state index contributed by atoms with van der Waals surface area (Å²) < 4.78 is 0. The average molecular weight is 293 g/mol. The van der Waals surface area contributed by atoms with E-state index in [0.717, 1.165) is 18.4 Å². The highest BCUT2D eigenvalue weighted by Crippen LogP contribution is 2.26. The topological polar surface area (TPSA) is 81.0 Å². The number of rotatable bonds is 4. The number of carbonyl (C=O) groups excluding carboxylic acids is 1. The number of aliphatic hydroxyl groups is 1. The number of nitrogens with zero attached hydrogens (tertiary/aromatic N) is 1. The van der Waals surface area contributed by atoms with Gasteiger partial charge in [0.2, 0.25) is 5.91 Å². The zero-order chi connectivity index (χ0) is 15.4. The second-order valence-corrected chi connectivity index (χ2v) is 5.88. The van der Waals surface area contributed by atoms with Crippen molar-refractivity contribution in [3.63, 3.8) is 0 Å². The van der Waals surface area contributed by atoms with Crippen LogP contribution in [-0.2, 0) is 11.2 Å². The molecule has 1 amide bonds. The van der Waals surface area contributed by atoms with Gasteiger partial charge >= 0.3 is 0 Å². The lowest BCUT2D eigenvalue weighted by Crippen LogP contribution is -2.42. The summed E-state index contributed by atoms with van der Waals surface area (Å²) in [6, 6.07) is 4.66. The number of likely N-dealkylation sites (tertiary alicyclic amines) is 1. The Labute approximate surface area is 124 Å². The van der Waals surface area contributed by atoms with Gasteiger partial charge < -0.3 is 20.2 Å². The Morgan fingerprint density at radius 1 is 1.29 bits per heavy atom. The van der Waals surface area contributed by atoms with Gasteiger partial charge in [0.25, 0.3) is 0 Å². The van der Waals surface area contributed by atoms with Crippen LogP contribution in [0.1, 0.15) is 25.3 Å². The minimum atomic E-state index is -0.167. The molecule has 0 radical (unpaired) electrons. The van der Waals surface area contributed by atoms with Crippen molar-refractivity contribution in [3.8, 4) is 11.5 Å². The van der Waals surface area contributed by atoms with Crippen molar-refractivity contribution in [1.82, 2.24) is 4.90 Å². The first-order chi connectivity index (χ1) is 10.0. The molecule has 0 aliphatic carbocycles. The van der Waals surface area contributed by atoms with Crippen LogP contribution in [0.25, 0.3) is 0 Å². The van der Waals surface area contributed by atoms with Gasteiger partial charge in [0.15, 0.2) is 11.5 Å². The maximum absolute atomic E-state index is 12.4. The molecule has 1 aromatic carbocycles. The van der Waals surface area contributed by atoms with Gasteiger partial charge in [-0.05, 0) is 42.9 Å². The van der Waals surface area contributed by atoms with Crippen LogP contribution in [0.3, 0.4) is 0 Å².